The molecule has 1 aliphatic carbocycles. The van der Waals surface area contributed by atoms with Crippen molar-refractivity contribution in [1.29, 1.82) is 0 Å². The fourth-order valence-corrected chi connectivity index (χ4v) is 1.85. The van der Waals surface area contributed by atoms with Crippen LogP contribution in [0.2, 0.25) is 0 Å². The number of hydrogen-bond donors (Lipinski definition) is 3. The minimum atomic E-state index is -0.806. The van der Waals surface area contributed by atoms with Gasteiger partial charge in [0, 0.05) is 5.56 Å². The molecule has 0 heterocycles. The van der Waals surface area contributed by atoms with Crippen LogP contribution in [0.15, 0.2) is 84.5 Å². The summed E-state index contributed by atoms with van der Waals surface area (Å²) >= 11 is 0. The van der Waals surface area contributed by atoms with Crippen molar-refractivity contribution in [2.75, 3.05) is 0 Å². The van der Waals surface area contributed by atoms with Crippen LogP contribution in [-0.2, 0) is 17.1 Å². The van der Waals surface area contributed by atoms with Crippen LogP contribution in [0.1, 0.15) is 5.56 Å². The fraction of sp³-hybridized carbons (Fsp3) is 0. The first-order chi connectivity index (χ1) is 11.1. The summed E-state index contributed by atoms with van der Waals surface area (Å²) in [6.07, 6.45) is 10.4. The van der Waals surface area contributed by atoms with Gasteiger partial charge < -0.3 is 20.4 Å². The summed E-state index contributed by atoms with van der Waals surface area (Å²) in [5, 5.41) is 39.7. The normalized spacial score (nSPS) is 12.3. The first-order valence-electron chi connectivity index (χ1n) is 6.94. The van der Waals surface area contributed by atoms with Gasteiger partial charge in [-0.2, -0.15) is 18.2 Å². The van der Waals surface area contributed by atoms with Gasteiger partial charge in [0.15, 0.2) is 5.75 Å². The Labute approximate surface area is 150 Å². The SMILES string of the molecule is [Fe+2].[O-]c1c(C(O)=CC=C2C=CC=C2)ccc(O)c1O.c1cc[cH-]c1. The molecule has 5 heteroatoms. The third-order valence-corrected chi connectivity index (χ3v) is 3.06. The topological polar surface area (TPSA) is 83.8 Å². The van der Waals surface area contributed by atoms with Crippen molar-refractivity contribution in [3.63, 3.8) is 0 Å². The number of aliphatic hydroxyl groups is 1. The van der Waals surface area contributed by atoms with E-state index < -0.39 is 17.2 Å². The Morgan fingerprint density at radius 2 is 1.67 bits per heavy atom. The van der Waals surface area contributed by atoms with Crippen molar-refractivity contribution in [3.8, 4) is 17.2 Å². The number of hydrogen-bond acceptors (Lipinski definition) is 4. The molecule has 0 fully saturated rings. The molecule has 2 aromatic rings. The Hall–Kier alpha value is -2.75. The summed E-state index contributed by atoms with van der Waals surface area (Å²) in [5.74, 6) is -2.34. The van der Waals surface area contributed by atoms with Gasteiger partial charge in [0.1, 0.15) is 11.5 Å². The second kappa shape index (κ2) is 9.40. The molecule has 3 rings (SSSR count). The van der Waals surface area contributed by atoms with Gasteiger partial charge in [-0.1, -0.05) is 36.1 Å². The Kier molecular flexibility index (Phi) is 7.56. The van der Waals surface area contributed by atoms with Gasteiger partial charge in [-0.05, 0) is 23.8 Å². The summed E-state index contributed by atoms with van der Waals surface area (Å²) in [6, 6.07) is 12.4. The van der Waals surface area contributed by atoms with Crippen LogP contribution in [0, 0.1) is 0 Å². The maximum absolute atomic E-state index is 11.6. The largest absolute Gasteiger partial charge is 2.00 e. The van der Waals surface area contributed by atoms with E-state index >= 15 is 0 Å². The maximum atomic E-state index is 11.6. The average molecular weight is 364 g/mol. The van der Waals surface area contributed by atoms with E-state index in [-0.39, 0.29) is 28.4 Å². The van der Waals surface area contributed by atoms with Crippen LogP contribution in [0.25, 0.3) is 5.76 Å². The van der Waals surface area contributed by atoms with Crippen molar-refractivity contribution in [2.45, 2.75) is 0 Å². The first-order valence-corrected chi connectivity index (χ1v) is 6.94. The third kappa shape index (κ3) is 5.16. The number of aliphatic hydroxyl groups excluding tert-OH is 1. The minimum absolute atomic E-state index is 0. The Bertz CT molecular complexity index is 738. The standard InChI is InChI=1S/C14H12O4.C5H5.Fe/c15-11(7-5-9-3-1-2-4-9)10-6-8-12(16)14(18)13(10)17;1-2-4-5-3-1;/h1-8,15-18H;1-5H;/q;-1;+2/p-1. The summed E-state index contributed by atoms with van der Waals surface area (Å²) in [7, 11) is 0. The Balaban J connectivity index is 0.000000412. The third-order valence-electron chi connectivity index (χ3n) is 3.06. The van der Waals surface area contributed by atoms with E-state index in [9.17, 15) is 15.3 Å². The van der Waals surface area contributed by atoms with Gasteiger partial charge in [-0.25, -0.2) is 12.1 Å². The molecular weight excluding hydrogens is 348 g/mol. The summed E-state index contributed by atoms with van der Waals surface area (Å²) < 4.78 is 0. The zero-order valence-electron chi connectivity index (χ0n) is 12.6. The number of phenols is 2. The molecule has 1 aliphatic rings. The van der Waals surface area contributed by atoms with Gasteiger partial charge in [-0.15, -0.1) is 0 Å². The molecule has 0 atom stereocenters. The van der Waals surface area contributed by atoms with Crippen molar-refractivity contribution in [2.24, 2.45) is 0 Å². The van der Waals surface area contributed by atoms with Gasteiger partial charge >= 0.3 is 17.1 Å². The summed E-state index contributed by atoms with van der Waals surface area (Å²) in [4.78, 5) is 0. The van der Waals surface area contributed by atoms with Crippen LogP contribution in [0.3, 0.4) is 0 Å². The number of rotatable bonds is 2. The second-order valence-corrected chi connectivity index (χ2v) is 4.71. The van der Waals surface area contributed by atoms with Crippen molar-refractivity contribution in [3.05, 3.63) is 90.1 Å². The van der Waals surface area contributed by atoms with E-state index in [0.717, 1.165) is 11.6 Å². The van der Waals surface area contributed by atoms with Crippen molar-refractivity contribution >= 4 is 5.76 Å². The molecule has 0 saturated heterocycles. The van der Waals surface area contributed by atoms with Crippen LogP contribution in [-0.4, -0.2) is 15.3 Å². The van der Waals surface area contributed by atoms with E-state index in [1.54, 1.807) is 6.08 Å². The zero-order valence-corrected chi connectivity index (χ0v) is 13.7. The number of phenolic OH excluding ortho intramolecular Hbond substituents is 2. The van der Waals surface area contributed by atoms with Gasteiger partial charge in [-0.3, -0.25) is 0 Å². The predicted octanol–water partition coefficient (Wildman–Crippen LogP) is 3.53. The van der Waals surface area contributed by atoms with Crippen LogP contribution in [0.4, 0.5) is 0 Å². The minimum Gasteiger partial charge on any atom is -0.869 e. The average Bonchev–Trinajstić information content (AvgIpc) is 3.25. The van der Waals surface area contributed by atoms with E-state index in [4.69, 9.17) is 5.11 Å². The zero-order chi connectivity index (χ0) is 16.7. The quantitative estimate of drug-likeness (QED) is 0.330. The van der Waals surface area contributed by atoms with E-state index in [1.165, 1.54) is 12.1 Å². The monoisotopic (exact) mass is 364 g/mol. The summed E-state index contributed by atoms with van der Waals surface area (Å²) in [6.45, 7) is 0. The second-order valence-electron chi connectivity index (χ2n) is 4.71. The molecule has 24 heavy (non-hydrogen) atoms. The van der Waals surface area contributed by atoms with Gasteiger partial charge in [0.2, 0.25) is 0 Å². The number of aromatic hydroxyl groups is 2. The van der Waals surface area contributed by atoms with E-state index in [2.05, 4.69) is 0 Å². The Morgan fingerprint density at radius 3 is 2.21 bits per heavy atom. The van der Waals surface area contributed by atoms with E-state index in [0.29, 0.717) is 0 Å². The molecule has 3 N–H and O–H groups in total. The first kappa shape index (κ1) is 19.3. The van der Waals surface area contributed by atoms with Crippen molar-refractivity contribution in [1.82, 2.24) is 0 Å². The number of allylic oxidation sites excluding steroid dienone is 7. The van der Waals surface area contributed by atoms with Gasteiger partial charge in [0.25, 0.3) is 0 Å². The molecule has 0 radical (unpaired) electrons. The molecule has 0 amide bonds. The predicted molar refractivity (Wildman–Crippen MR) is 88.2 cm³/mol. The molecule has 0 bridgehead atoms. The van der Waals surface area contributed by atoms with Crippen molar-refractivity contribution < 1.29 is 37.5 Å². The maximum Gasteiger partial charge on any atom is 2.00 e. The Morgan fingerprint density at radius 1 is 1.04 bits per heavy atom. The smallest absolute Gasteiger partial charge is 0.869 e. The molecular formula is C19H16FeO4. The molecule has 0 aliphatic heterocycles. The molecule has 4 nitrogen and oxygen atoms in total. The molecule has 0 saturated carbocycles. The van der Waals surface area contributed by atoms with Gasteiger partial charge in [0.05, 0.1) is 0 Å². The molecule has 0 spiro atoms. The van der Waals surface area contributed by atoms with Crippen LogP contribution >= 0.6 is 0 Å². The summed E-state index contributed by atoms with van der Waals surface area (Å²) in [5.41, 5.74) is 0.824. The molecule has 0 unspecified atom stereocenters. The molecule has 2 aromatic carbocycles. The number of benzene rings is 1. The molecule has 124 valence electrons. The van der Waals surface area contributed by atoms with Crippen LogP contribution in [0.5, 0.6) is 17.2 Å². The fourth-order valence-electron chi connectivity index (χ4n) is 1.85. The molecule has 0 aromatic heterocycles. The van der Waals surface area contributed by atoms with E-state index in [1.807, 2.05) is 54.6 Å². The van der Waals surface area contributed by atoms with Crippen LogP contribution < -0.4 is 5.11 Å².